The van der Waals surface area contributed by atoms with Gasteiger partial charge in [-0.05, 0) is 17.2 Å². The highest BCUT2D eigenvalue weighted by molar-refractivity contribution is 6.05. The lowest BCUT2D eigenvalue weighted by molar-refractivity contribution is 0.0938. The maximum atomic E-state index is 12.4. The minimum absolute atomic E-state index is 0.138. The number of fused-ring (bicyclic) bond motifs is 1. The van der Waals surface area contributed by atoms with E-state index >= 15 is 0 Å². The fraction of sp³-hybridized carbons (Fsp3) is 0.357. The molecule has 0 atom stereocenters. The van der Waals surface area contributed by atoms with Crippen molar-refractivity contribution in [2.45, 2.75) is 13.5 Å². The van der Waals surface area contributed by atoms with Gasteiger partial charge in [0.2, 0.25) is 0 Å². The molecule has 3 N–H and O–H groups in total. The van der Waals surface area contributed by atoms with Crippen LogP contribution in [0.25, 0.3) is 22.6 Å². The normalized spacial score (nSPS) is 11.1. The minimum atomic E-state index is -0.252. The highest BCUT2D eigenvalue weighted by Crippen LogP contribution is 2.27. The van der Waals surface area contributed by atoms with E-state index in [1.165, 1.54) is 6.20 Å². The van der Waals surface area contributed by atoms with Crippen LogP contribution in [-0.2, 0) is 11.3 Å². The molecule has 0 bridgehead atoms. The van der Waals surface area contributed by atoms with Crippen LogP contribution >= 0.6 is 0 Å². The first kappa shape index (κ1) is 15.9. The van der Waals surface area contributed by atoms with E-state index in [0.717, 1.165) is 0 Å². The van der Waals surface area contributed by atoms with Gasteiger partial charge in [0, 0.05) is 26.4 Å². The first-order chi connectivity index (χ1) is 11.7. The Balaban J connectivity index is 2.11. The van der Waals surface area contributed by atoms with Gasteiger partial charge in [-0.3, -0.25) is 9.78 Å². The third-order valence-electron chi connectivity index (χ3n) is 3.53. The van der Waals surface area contributed by atoms with Gasteiger partial charge < -0.3 is 20.4 Å². The van der Waals surface area contributed by atoms with Crippen LogP contribution in [0.15, 0.2) is 17.0 Å². The lowest BCUT2D eigenvalue weighted by atomic mass is 10.2. The number of methoxy groups -OCH3 is 1. The second-order valence-electron chi connectivity index (χ2n) is 4.98. The molecule has 3 aromatic rings. The molecule has 3 aromatic heterocycles. The molecule has 0 aliphatic heterocycles. The van der Waals surface area contributed by atoms with Gasteiger partial charge in [-0.25, -0.2) is 9.61 Å². The van der Waals surface area contributed by atoms with Crippen molar-refractivity contribution in [2.75, 3.05) is 26.0 Å². The number of carbonyl (C=O) groups excluding carboxylic acids is 1. The first-order valence-electron chi connectivity index (χ1n) is 7.37. The van der Waals surface area contributed by atoms with Crippen molar-refractivity contribution in [3.8, 4) is 11.5 Å². The molecule has 0 radical (unpaired) electrons. The van der Waals surface area contributed by atoms with Crippen LogP contribution in [0, 0.1) is 0 Å². The zero-order valence-corrected chi connectivity index (χ0v) is 13.3. The Morgan fingerprint density at radius 1 is 1.42 bits per heavy atom. The number of hydrogen-bond donors (Lipinski definition) is 2. The number of nitrogens with zero attached hydrogens (tertiary/aromatic N) is 5. The predicted molar refractivity (Wildman–Crippen MR) is 85.1 cm³/mol. The zero-order chi connectivity index (χ0) is 17.1. The third-order valence-corrected chi connectivity index (χ3v) is 3.53. The molecule has 0 aromatic carbocycles. The molecule has 3 heterocycles. The Labute approximate surface area is 137 Å². The smallest absolute Gasteiger partial charge is 0.255 e. The summed E-state index contributed by atoms with van der Waals surface area (Å²) in [4.78, 5) is 21.0. The number of amides is 1. The van der Waals surface area contributed by atoms with Crippen LogP contribution in [0.5, 0.6) is 0 Å². The number of pyridine rings is 1. The molecule has 0 spiro atoms. The monoisotopic (exact) mass is 331 g/mol. The van der Waals surface area contributed by atoms with Crippen LogP contribution in [0.4, 0.5) is 5.82 Å². The van der Waals surface area contributed by atoms with Crippen LogP contribution in [0.2, 0.25) is 0 Å². The third kappa shape index (κ3) is 2.67. The minimum Gasteiger partial charge on any atom is -0.383 e. The van der Waals surface area contributed by atoms with Crippen molar-refractivity contribution < 1.29 is 14.2 Å². The molecular weight excluding hydrogens is 314 g/mol. The van der Waals surface area contributed by atoms with Crippen molar-refractivity contribution in [2.24, 2.45) is 0 Å². The van der Waals surface area contributed by atoms with Gasteiger partial charge in [-0.15, -0.1) is 0 Å². The van der Waals surface area contributed by atoms with Crippen molar-refractivity contribution in [1.29, 1.82) is 0 Å². The molecule has 0 saturated heterocycles. The number of imidazole rings is 1. The van der Waals surface area contributed by atoms with E-state index in [9.17, 15) is 4.79 Å². The van der Waals surface area contributed by atoms with Gasteiger partial charge in [0.25, 0.3) is 5.91 Å². The summed E-state index contributed by atoms with van der Waals surface area (Å²) in [6, 6.07) is 0. The number of hydrogen-bond acceptors (Lipinski definition) is 8. The molecule has 126 valence electrons. The summed E-state index contributed by atoms with van der Waals surface area (Å²) in [6.45, 7) is 3.31. The number of ether oxygens (including phenoxy) is 1. The van der Waals surface area contributed by atoms with Crippen LogP contribution in [0.1, 0.15) is 17.3 Å². The number of anilines is 1. The van der Waals surface area contributed by atoms with Crippen LogP contribution in [-0.4, -0.2) is 51.0 Å². The average molecular weight is 331 g/mol. The van der Waals surface area contributed by atoms with E-state index in [-0.39, 0.29) is 11.7 Å². The molecule has 3 rings (SSSR count). The van der Waals surface area contributed by atoms with Crippen LogP contribution < -0.4 is 11.1 Å². The van der Waals surface area contributed by atoms with E-state index in [0.29, 0.717) is 47.8 Å². The molecule has 24 heavy (non-hydrogen) atoms. The number of aromatic nitrogens is 5. The van der Waals surface area contributed by atoms with E-state index in [1.807, 2.05) is 11.5 Å². The molecule has 0 aliphatic carbocycles. The SMILES string of the molecule is CCn1c(-c2nonc2N)nc2cncc(C(=O)NCCOC)c21. The van der Waals surface area contributed by atoms with Gasteiger partial charge >= 0.3 is 0 Å². The summed E-state index contributed by atoms with van der Waals surface area (Å²) < 4.78 is 11.4. The maximum absolute atomic E-state index is 12.4. The molecule has 0 fully saturated rings. The second kappa shape index (κ2) is 6.62. The van der Waals surface area contributed by atoms with Gasteiger partial charge in [0.1, 0.15) is 5.52 Å². The molecular formula is C14H17N7O3. The molecule has 0 aliphatic rings. The molecule has 10 nitrogen and oxygen atoms in total. The Bertz CT molecular complexity index is 871. The highest BCUT2D eigenvalue weighted by atomic mass is 16.6. The lowest BCUT2D eigenvalue weighted by Gasteiger charge is -2.08. The fourth-order valence-electron chi connectivity index (χ4n) is 2.46. The second-order valence-corrected chi connectivity index (χ2v) is 4.98. The summed E-state index contributed by atoms with van der Waals surface area (Å²) in [5, 5.41) is 10.2. The summed E-state index contributed by atoms with van der Waals surface area (Å²) >= 11 is 0. The van der Waals surface area contributed by atoms with E-state index in [4.69, 9.17) is 10.5 Å². The van der Waals surface area contributed by atoms with Gasteiger partial charge in [-0.1, -0.05) is 0 Å². The zero-order valence-electron chi connectivity index (χ0n) is 13.3. The standard InChI is InChI=1S/C14H17N7O3/c1-3-21-11-8(14(22)17-4-5-23-2)6-16-7-9(11)18-13(21)10-12(15)20-24-19-10/h6-7H,3-5H2,1-2H3,(H2,15,20)(H,17,22). The van der Waals surface area contributed by atoms with Crippen molar-refractivity contribution in [1.82, 2.24) is 30.2 Å². The summed E-state index contributed by atoms with van der Waals surface area (Å²) in [5.41, 5.74) is 7.73. The predicted octanol–water partition coefficient (Wildman–Crippen LogP) is 0.460. The van der Waals surface area contributed by atoms with E-state index < -0.39 is 0 Å². The summed E-state index contributed by atoms with van der Waals surface area (Å²) in [5.74, 6) is 0.363. The average Bonchev–Trinajstić information content (AvgIpc) is 3.17. The molecule has 10 heteroatoms. The molecule has 0 saturated carbocycles. The maximum Gasteiger partial charge on any atom is 0.255 e. The number of nitrogens with two attached hydrogens (primary N) is 1. The Kier molecular flexibility index (Phi) is 4.38. The van der Waals surface area contributed by atoms with Crippen molar-refractivity contribution in [3.05, 3.63) is 18.0 Å². The van der Waals surface area contributed by atoms with Gasteiger partial charge in [-0.2, -0.15) is 0 Å². The Morgan fingerprint density at radius 2 is 2.25 bits per heavy atom. The van der Waals surface area contributed by atoms with Crippen molar-refractivity contribution >= 4 is 22.8 Å². The number of aryl methyl sites for hydroxylation is 1. The van der Waals surface area contributed by atoms with Gasteiger partial charge in [0.05, 0.1) is 23.9 Å². The van der Waals surface area contributed by atoms with Gasteiger partial charge in [0.15, 0.2) is 17.3 Å². The summed E-state index contributed by atoms with van der Waals surface area (Å²) in [7, 11) is 1.57. The Hall–Kier alpha value is -3.01. The highest BCUT2D eigenvalue weighted by Gasteiger charge is 2.22. The number of nitrogen functional groups attached to an aromatic ring is 1. The fourth-order valence-corrected chi connectivity index (χ4v) is 2.46. The van der Waals surface area contributed by atoms with E-state index in [1.54, 1.807) is 13.3 Å². The number of rotatable bonds is 6. The molecule has 1 amide bonds. The lowest BCUT2D eigenvalue weighted by Crippen LogP contribution is -2.27. The Morgan fingerprint density at radius 3 is 2.92 bits per heavy atom. The topological polar surface area (TPSA) is 134 Å². The largest absolute Gasteiger partial charge is 0.383 e. The number of nitrogens with one attached hydrogen (secondary N) is 1. The van der Waals surface area contributed by atoms with Crippen molar-refractivity contribution in [3.63, 3.8) is 0 Å². The first-order valence-corrected chi connectivity index (χ1v) is 7.37. The molecule has 0 unspecified atom stereocenters. The van der Waals surface area contributed by atoms with E-state index in [2.05, 4.69) is 30.2 Å². The summed E-state index contributed by atoms with van der Waals surface area (Å²) in [6.07, 6.45) is 3.09. The van der Waals surface area contributed by atoms with Crippen LogP contribution in [0.3, 0.4) is 0 Å². The number of carbonyl (C=O) groups is 1. The quantitative estimate of drug-likeness (QED) is 0.622.